The van der Waals surface area contributed by atoms with Gasteiger partial charge in [-0.1, -0.05) is 6.92 Å². The maximum Gasteiger partial charge on any atom is 0.174 e. The smallest absolute Gasteiger partial charge is 0.174 e. The molecule has 1 aromatic rings. The van der Waals surface area contributed by atoms with Crippen LogP contribution in [0.5, 0.6) is 0 Å². The first-order valence-electron chi connectivity index (χ1n) is 3.20. The Labute approximate surface area is 64.1 Å². The van der Waals surface area contributed by atoms with E-state index in [4.69, 9.17) is 0 Å². The fraction of sp³-hybridized carbons (Fsp3) is 0.429. The first-order valence-corrected chi connectivity index (χ1v) is 3.98. The number of rotatable bonds is 2. The molecule has 0 atom stereocenters. The maximum absolute atomic E-state index is 11.0. The van der Waals surface area contributed by atoms with E-state index >= 15 is 0 Å². The predicted molar refractivity (Wildman–Crippen MR) is 41.5 cm³/mol. The van der Waals surface area contributed by atoms with Crippen molar-refractivity contribution >= 4 is 17.3 Å². The summed E-state index contributed by atoms with van der Waals surface area (Å²) >= 11 is 1.28. The molecule has 2 nitrogen and oxygen atoms in total. The van der Waals surface area contributed by atoms with Crippen LogP contribution < -0.4 is 0 Å². The normalized spacial score (nSPS) is 9.80. The van der Waals surface area contributed by atoms with Crippen molar-refractivity contribution in [2.45, 2.75) is 20.3 Å². The Morgan fingerprint density at radius 1 is 1.80 bits per heavy atom. The number of ketones is 1. The molecule has 0 fully saturated rings. The second kappa shape index (κ2) is 2.92. The van der Waals surface area contributed by atoms with E-state index in [-0.39, 0.29) is 5.78 Å². The SMILES string of the molecule is CCC(=O)c1cc(C)ns1. The number of nitrogens with zero attached hydrogens (tertiary/aromatic N) is 1. The maximum atomic E-state index is 11.0. The topological polar surface area (TPSA) is 30.0 Å². The molecule has 0 saturated heterocycles. The molecule has 0 aliphatic rings. The van der Waals surface area contributed by atoms with Crippen LogP contribution in [0.4, 0.5) is 0 Å². The third kappa shape index (κ3) is 1.42. The molecular formula is C7H9NOS. The molecular weight excluding hydrogens is 146 g/mol. The van der Waals surface area contributed by atoms with E-state index in [0.717, 1.165) is 10.6 Å². The van der Waals surface area contributed by atoms with Crippen LogP contribution in [0.2, 0.25) is 0 Å². The minimum Gasteiger partial charge on any atom is -0.293 e. The van der Waals surface area contributed by atoms with Crippen LogP contribution in [0.1, 0.15) is 28.7 Å². The van der Waals surface area contributed by atoms with Gasteiger partial charge in [0.25, 0.3) is 0 Å². The zero-order chi connectivity index (χ0) is 7.56. The largest absolute Gasteiger partial charge is 0.293 e. The van der Waals surface area contributed by atoms with Crippen molar-refractivity contribution in [1.82, 2.24) is 4.37 Å². The molecule has 0 spiro atoms. The molecule has 54 valence electrons. The summed E-state index contributed by atoms with van der Waals surface area (Å²) in [5.41, 5.74) is 0.932. The lowest BCUT2D eigenvalue weighted by Crippen LogP contribution is -1.90. The fourth-order valence-electron chi connectivity index (χ4n) is 0.669. The highest BCUT2D eigenvalue weighted by Crippen LogP contribution is 2.10. The van der Waals surface area contributed by atoms with Crippen LogP contribution in [0, 0.1) is 6.92 Å². The molecule has 0 aliphatic heterocycles. The van der Waals surface area contributed by atoms with Crippen LogP contribution >= 0.6 is 11.5 Å². The minimum atomic E-state index is 0.186. The van der Waals surface area contributed by atoms with Crippen molar-refractivity contribution in [2.75, 3.05) is 0 Å². The highest BCUT2D eigenvalue weighted by Gasteiger charge is 2.04. The number of carbonyl (C=O) groups excluding carboxylic acids is 1. The Morgan fingerprint density at radius 3 is 2.90 bits per heavy atom. The van der Waals surface area contributed by atoms with Gasteiger partial charge in [-0.3, -0.25) is 4.79 Å². The lowest BCUT2D eigenvalue weighted by Gasteiger charge is -1.85. The molecule has 0 amide bonds. The van der Waals surface area contributed by atoms with Crippen molar-refractivity contribution in [3.05, 3.63) is 16.6 Å². The third-order valence-corrected chi connectivity index (χ3v) is 2.15. The van der Waals surface area contributed by atoms with Gasteiger partial charge in [0.2, 0.25) is 0 Å². The van der Waals surface area contributed by atoms with E-state index in [2.05, 4.69) is 4.37 Å². The summed E-state index contributed by atoms with van der Waals surface area (Å²) in [5.74, 6) is 0.186. The number of aryl methyl sites for hydroxylation is 1. The van der Waals surface area contributed by atoms with Gasteiger partial charge >= 0.3 is 0 Å². The zero-order valence-corrected chi connectivity index (χ0v) is 6.86. The predicted octanol–water partition coefficient (Wildman–Crippen LogP) is 2.04. The van der Waals surface area contributed by atoms with Gasteiger partial charge < -0.3 is 0 Å². The van der Waals surface area contributed by atoms with Crippen LogP contribution in [0.15, 0.2) is 6.07 Å². The third-order valence-electron chi connectivity index (χ3n) is 1.22. The van der Waals surface area contributed by atoms with Gasteiger partial charge in [-0.15, -0.1) is 0 Å². The summed E-state index contributed by atoms with van der Waals surface area (Å²) in [7, 11) is 0. The highest BCUT2D eigenvalue weighted by molar-refractivity contribution is 7.08. The second-order valence-electron chi connectivity index (χ2n) is 2.11. The molecule has 0 unspecified atom stereocenters. The van der Waals surface area contributed by atoms with Gasteiger partial charge in [0, 0.05) is 6.42 Å². The average molecular weight is 155 g/mol. The van der Waals surface area contributed by atoms with Crippen LogP contribution in [-0.2, 0) is 0 Å². The summed E-state index contributed by atoms with van der Waals surface area (Å²) in [6.07, 6.45) is 0.571. The quantitative estimate of drug-likeness (QED) is 0.612. The van der Waals surface area contributed by atoms with E-state index in [9.17, 15) is 4.79 Å². The molecule has 0 saturated carbocycles. The molecule has 1 aromatic heterocycles. The Balaban J connectivity index is 2.85. The van der Waals surface area contributed by atoms with Gasteiger partial charge in [0.15, 0.2) is 5.78 Å². The Hall–Kier alpha value is -0.700. The van der Waals surface area contributed by atoms with Crippen molar-refractivity contribution in [3.63, 3.8) is 0 Å². The lowest BCUT2D eigenvalue weighted by molar-refractivity contribution is 0.0992. The molecule has 1 rings (SSSR count). The van der Waals surface area contributed by atoms with E-state index in [0.29, 0.717) is 6.42 Å². The van der Waals surface area contributed by atoms with Crippen molar-refractivity contribution in [2.24, 2.45) is 0 Å². The van der Waals surface area contributed by atoms with E-state index < -0.39 is 0 Å². The standard InChI is InChI=1S/C7H9NOS/c1-3-6(9)7-4-5(2)8-10-7/h4H,3H2,1-2H3. The van der Waals surface area contributed by atoms with Crippen LogP contribution in [-0.4, -0.2) is 10.2 Å². The fourth-order valence-corrected chi connectivity index (χ4v) is 1.43. The number of Topliss-reactive ketones (excluding diaryl/α,β-unsaturated/α-hetero) is 1. The van der Waals surface area contributed by atoms with Crippen molar-refractivity contribution in [1.29, 1.82) is 0 Å². The molecule has 0 bridgehead atoms. The molecule has 0 aromatic carbocycles. The summed E-state index contributed by atoms with van der Waals surface area (Å²) in [6, 6.07) is 1.83. The summed E-state index contributed by atoms with van der Waals surface area (Å²) in [6.45, 7) is 3.75. The van der Waals surface area contributed by atoms with Gasteiger partial charge in [0.05, 0.1) is 10.6 Å². The average Bonchev–Trinajstić information content (AvgIpc) is 2.34. The lowest BCUT2D eigenvalue weighted by atomic mass is 10.2. The Bertz CT molecular complexity index is 242. The molecule has 0 aliphatic carbocycles. The summed E-state index contributed by atoms with van der Waals surface area (Å²) in [5, 5.41) is 0. The second-order valence-corrected chi connectivity index (χ2v) is 2.91. The first kappa shape index (κ1) is 7.41. The molecule has 0 N–H and O–H groups in total. The summed E-state index contributed by atoms with van der Waals surface area (Å²) < 4.78 is 4.01. The highest BCUT2D eigenvalue weighted by atomic mass is 32.1. The molecule has 3 heteroatoms. The van der Waals surface area contributed by atoms with Crippen LogP contribution in [0.25, 0.3) is 0 Å². The number of aromatic nitrogens is 1. The van der Waals surface area contributed by atoms with Crippen molar-refractivity contribution in [3.8, 4) is 0 Å². The summed E-state index contributed by atoms with van der Waals surface area (Å²) in [4.78, 5) is 11.8. The van der Waals surface area contributed by atoms with Gasteiger partial charge in [-0.05, 0) is 24.5 Å². The monoisotopic (exact) mass is 155 g/mol. The van der Waals surface area contributed by atoms with E-state index in [1.165, 1.54) is 11.5 Å². The molecule has 10 heavy (non-hydrogen) atoms. The molecule has 0 radical (unpaired) electrons. The van der Waals surface area contributed by atoms with Gasteiger partial charge in [-0.2, -0.15) is 4.37 Å². The Morgan fingerprint density at radius 2 is 2.50 bits per heavy atom. The molecule has 1 heterocycles. The number of hydrogen-bond acceptors (Lipinski definition) is 3. The van der Waals surface area contributed by atoms with E-state index in [1.54, 1.807) is 0 Å². The minimum absolute atomic E-state index is 0.186. The van der Waals surface area contributed by atoms with Gasteiger partial charge in [-0.25, -0.2) is 0 Å². The van der Waals surface area contributed by atoms with Crippen molar-refractivity contribution < 1.29 is 4.79 Å². The van der Waals surface area contributed by atoms with Crippen LogP contribution in [0.3, 0.4) is 0 Å². The first-order chi connectivity index (χ1) is 4.74. The Kier molecular flexibility index (Phi) is 2.17. The number of hydrogen-bond donors (Lipinski definition) is 0. The number of carbonyl (C=O) groups is 1. The van der Waals surface area contributed by atoms with E-state index in [1.807, 2.05) is 19.9 Å². The zero-order valence-electron chi connectivity index (χ0n) is 6.05. The van der Waals surface area contributed by atoms with Gasteiger partial charge in [0.1, 0.15) is 0 Å².